The topological polar surface area (TPSA) is 84.2 Å². The number of carbonyl (C=O) groups excluding carboxylic acids is 2. The molecule has 5 nitrogen and oxygen atoms in total. The van der Waals surface area contributed by atoms with Gasteiger partial charge in [-0.25, -0.2) is 8.78 Å². The zero-order chi connectivity index (χ0) is 17.0. The lowest BCUT2D eigenvalue weighted by Crippen LogP contribution is -2.40. The fraction of sp³-hybridized carbons (Fsp3) is 0.500. The van der Waals surface area contributed by atoms with Gasteiger partial charge in [0.25, 0.3) is 0 Å². The van der Waals surface area contributed by atoms with Crippen LogP contribution >= 0.6 is 12.4 Å². The lowest BCUT2D eigenvalue weighted by molar-refractivity contribution is -0.122. The molecule has 2 unspecified atom stereocenters. The van der Waals surface area contributed by atoms with Crippen LogP contribution < -0.4 is 16.4 Å². The SMILES string of the molecule is CC(=O)NC(CC(=O)NCC(N)C1CC1)c1ccc(F)cc1F.Cl. The van der Waals surface area contributed by atoms with Gasteiger partial charge in [0.2, 0.25) is 11.8 Å². The van der Waals surface area contributed by atoms with Crippen molar-refractivity contribution in [3.63, 3.8) is 0 Å². The number of rotatable bonds is 7. The smallest absolute Gasteiger partial charge is 0.222 e. The summed E-state index contributed by atoms with van der Waals surface area (Å²) in [6, 6.07) is 2.11. The van der Waals surface area contributed by atoms with Crippen molar-refractivity contribution in [3.05, 3.63) is 35.4 Å². The van der Waals surface area contributed by atoms with Gasteiger partial charge in [-0.15, -0.1) is 12.4 Å². The maximum Gasteiger partial charge on any atom is 0.222 e. The van der Waals surface area contributed by atoms with Crippen LogP contribution in [0, 0.1) is 17.6 Å². The van der Waals surface area contributed by atoms with Crippen LogP contribution in [0.25, 0.3) is 0 Å². The molecule has 1 aliphatic rings. The highest BCUT2D eigenvalue weighted by Crippen LogP contribution is 2.31. The number of hydrogen-bond acceptors (Lipinski definition) is 3. The predicted molar refractivity (Wildman–Crippen MR) is 88.5 cm³/mol. The molecule has 2 amide bonds. The number of halogens is 3. The minimum atomic E-state index is -0.856. The fourth-order valence-electron chi connectivity index (χ4n) is 2.45. The third-order valence-electron chi connectivity index (χ3n) is 3.87. The molecule has 1 aromatic rings. The van der Waals surface area contributed by atoms with Crippen molar-refractivity contribution in [2.24, 2.45) is 11.7 Å². The number of carbonyl (C=O) groups is 2. The maximum absolute atomic E-state index is 13.9. The summed E-state index contributed by atoms with van der Waals surface area (Å²) in [5.41, 5.74) is 5.98. The highest BCUT2D eigenvalue weighted by atomic mass is 35.5. The summed E-state index contributed by atoms with van der Waals surface area (Å²) in [5.74, 6) is -1.81. The van der Waals surface area contributed by atoms with E-state index >= 15 is 0 Å². The van der Waals surface area contributed by atoms with Gasteiger partial charge >= 0.3 is 0 Å². The van der Waals surface area contributed by atoms with Crippen molar-refractivity contribution < 1.29 is 18.4 Å². The van der Waals surface area contributed by atoms with Crippen molar-refractivity contribution in [1.82, 2.24) is 10.6 Å². The molecule has 0 aromatic heterocycles. The molecule has 0 bridgehead atoms. The van der Waals surface area contributed by atoms with Crippen molar-refractivity contribution in [3.8, 4) is 0 Å². The standard InChI is InChI=1S/C16H21F2N3O2.ClH/c1-9(22)21-15(12-5-4-11(17)6-13(12)18)7-16(23)20-8-14(19)10-2-3-10;/h4-6,10,14-15H,2-3,7-8,19H2,1H3,(H,20,23)(H,21,22);1H. The molecule has 0 saturated heterocycles. The van der Waals surface area contributed by atoms with Crippen LogP contribution in [0.15, 0.2) is 18.2 Å². The van der Waals surface area contributed by atoms with Gasteiger partial charge in [-0.3, -0.25) is 9.59 Å². The normalized spacial score (nSPS) is 15.8. The van der Waals surface area contributed by atoms with Crippen molar-refractivity contribution in [2.75, 3.05) is 6.54 Å². The summed E-state index contributed by atoms with van der Waals surface area (Å²) < 4.78 is 26.9. The van der Waals surface area contributed by atoms with Crippen molar-refractivity contribution in [1.29, 1.82) is 0 Å². The molecule has 2 atom stereocenters. The van der Waals surface area contributed by atoms with Crippen LogP contribution in [0.3, 0.4) is 0 Å². The van der Waals surface area contributed by atoms with Gasteiger partial charge < -0.3 is 16.4 Å². The number of hydrogen-bond donors (Lipinski definition) is 3. The molecule has 1 fully saturated rings. The summed E-state index contributed by atoms with van der Waals surface area (Å²) in [4.78, 5) is 23.3. The van der Waals surface area contributed by atoms with Gasteiger partial charge in [0.1, 0.15) is 11.6 Å². The second kappa shape index (κ2) is 8.94. The molecule has 4 N–H and O–H groups in total. The van der Waals surface area contributed by atoms with Crippen molar-refractivity contribution in [2.45, 2.75) is 38.3 Å². The Morgan fingerprint density at radius 3 is 2.54 bits per heavy atom. The fourth-order valence-corrected chi connectivity index (χ4v) is 2.45. The largest absolute Gasteiger partial charge is 0.354 e. The summed E-state index contributed by atoms with van der Waals surface area (Å²) in [7, 11) is 0. The quantitative estimate of drug-likeness (QED) is 0.692. The number of amides is 2. The van der Waals surface area contributed by atoms with E-state index in [0.29, 0.717) is 12.5 Å². The maximum atomic E-state index is 13.9. The first kappa shape index (κ1) is 20.3. The molecule has 1 saturated carbocycles. The van der Waals surface area contributed by atoms with Gasteiger partial charge in [-0.1, -0.05) is 6.07 Å². The van der Waals surface area contributed by atoms with E-state index in [0.717, 1.165) is 25.0 Å². The molecule has 134 valence electrons. The van der Waals surface area contributed by atoms with Crippen LogP contribution in [0.4, 0.5) is 8.78 Å². The minimum absolute atomic E-state index is 0. The molecule has 8 heteroatoms. The number of nitrogens with two attached hydrogens (primary N) is 1. The first-order valence-corrected chi connectivity index (χ1v) is 7.61. The summed E-state index contributed by atoms with van der Waals surface area (Å²) in [6.45, 7) is 1.62. The van der Waals surface area contributed by atoms with E-state index in [-0.39, 0.29) is 36.3 Å². The predicted octanol–water partition coefficient (Wildman–Crippen LogP) is 1.81. The second-order valence-electron chi connectivity index (χ2n) is 5.93. The van der Waals surface area contributed by atoms with E-state index in [4.69, 9.17) is 5.73 Å². The van der Waals surface area contributed by atoms with E-state index in [1.807, 2.05) is 0 Å². The first-order valence-electron chi connectivity index (χ1n) is 7.61. The van der Waals surface area contributed by atoms with E-state index < -0.39 is 23.6 Å². The molecule has 1 aromatic carbocycles. The Labute approximate surface area is 145 Å². The Morgan fingerprint density at radius 1 is 1.33 bits per heavy atom. The second-order valence-corrected chi connectivity index (χ2v) is 5.93. The zero-order valence-corrected chi connectivity index (χ0v) is 14.2. The highest BCUT2D eigenvalue weighted by molar-refractivity contribution is 5.85. The average Bonchev–Trinajstić information content (AvgIpc) is 3.28. The summed E-state index contributed by atoms with van der Waals surface area (Å²) >= 11 is 0. The van der Waals surface area contributed by atoms with Gasteiger partial charge in [-0.2, -0.15) is 0 Å². The number of benzene rings is 1. The molecule has 0 spiro atoms. The summed E-state index contributed by atoms with van der Waals surface area (Å²) in [6.07, 6.45) is 2.01. The van der Waals surface area contributed by atoms with Crippen molar-refractivity contribution >= 4 is 24.2 Å². The van der Waals surface area contributed by atoms with Gasteiger partial charge in [0.05, 0.1) is 12.5 Å². The molecular weight excluding hydrogens is 340 g/mol. The molecule has 2 rings (SSSR count). The molecular formula is C16H22ClF2N3O2. The molecule has 1 aliphatic carbocycles. The Balaban J connectivity index is 0.00000288. The van der Waals surface area contributed by atoms with Crippen LogP contribution in [-0.4, -0.2) is 24.4 Å². The lowest BCUT2D eigenvalue weighted by atomic mass is 10.0. The van der Waals surface area contributed by atoms with E-state index in [9.17, 15) is 18.4 Å². The summed E-state index contributed by atoms with van der Waals surface area (Å²) in [5, 5.41) is 5.21. The monoisotopic (exact) mass is 361 g/mol. The third kappa shape index (κ3) is 6.05. The van der Waals surface area contributed by atoms with E-state index in [1.165, 1.54) is 13.0 Å². The molecule has 0 heterocycles. The minimum Gasteiger partial charge on any atom is -0.354 e. The van der Waals surface area contributed by atoms with Gasteiger partial charge in [0.15, 0.2) is 0 Å². The van der Waals surface area contributed by atoms with Gasteiger partial charge in [-0.05, 0) is 24.8 Å². The zero-order valence-electron chi connectivity index (χ0n) is 13.4. The van der Waals surface area contributed by atoms with Gasteiger partial charge in [0, 0.05) is 31.1 Å². The lowest BCUT2D eigenvalue weighted by Gasteiger charge is -2.19. The van der Waals surface area contributed by atoms with Crippen LogP contribution in [-0.2, 0) is 9.59 Å². The Kier molecular flexibility index (Phi) is 7.57. The average molecular weight is 362 g/mol. The van der Waals surface area contributed by atoms with Crippen LogP contribution in [0.1, 0.15) is 37.8 Å². The van der Waals surface area contributed by atoms with Crippen LogP contribution in [0.5, 0.6) is 0 Å². The molecule has 0 aliphatic heterocycles. The Hall–Kier alpha value is -1.73. The number of nitrogens with one attached hydrogen (secondary N) is 2. The molecule has 0 radical (unpaired) electrons. The molecule has 24 heavy (non-hydrogen) atoms. The Bertz CT molecular complexity index is 597. The third-order valence-corrected chi connectivity index (χ3v) is 3.87. The first-order chi connectivity index (χ1) is 10.9. The van der Waals surface area contributed by atoms with E-state index in [2.05, 4.69) is 10.6 Å². The van der Waals surface area contributed by atoms with Crippen LogP contribution in [0.2, 0.25) is 0 Å². The Morgan fingerprint density at radius 2 is 2.00 bits per heavy atom. The highest BCUT2D eigenvalue weighted by Gasteiger charge is 2.29. The van der Waals surface area contributed by atoms with E-state index in [1.54, 1.807) is 0 Å².